The van der Waals surface area contributed by atoms with Crippen LogP contribution in [-0.2, 0) is 0 Å². The average Bonchev–Trinajstić information content (AvgIpc) is 2.41. The summed E-state index contributed by atoms with van der Waals surface area (Å²) in [7, 11) is 0. The van der Waals surface area contributed by atoms with E-state index in [0.29, 0.717) is 11.5 Å². The van der Waals surface area contributed by atoms with E-state index in [2.05, 4.69) is 10.3 Å². The molecule has 0 saturated carbocycles. The van der Waals surface area contributed by atoms with Gasteiger partial charge in [0.15, 0.2) is 5.69 Å². The van der Waals surface area contributed by atoms with Crippen LogP contribution in [0.25, 0.3) is 0 Å². The minimum Gasteiger partial charge on any atom is -0.396 e. The Bertz CT molecular complexity index is 616. The lowest BCUT2D eigenvalue weighted by Crippen LogP contribution is -2.09. The summed E-state index contributed by atoms with van der Waals surface area (Å²) in [4.78, 5) is 4.10. The third-order valence-electron chi connectivity index (χ3n) is 2.77. The number of nitriles is 1. The lowest BCUT2D eigenvalue weighted by Gasteiger charge is -2.15. The van der Waals surface area contributed by atoms with Crippen LogP contribution in [-0.4, -0.2) is 4.98 Å². The van der Waals surface area contributed by atoms with Crippen LogP contribution in [0, 0.1) is 17.1 Å². The summed E-state index contributed by atoms with van der Waals surface area (Å²) in [6, 6.07) is 11.4. The molecular weight excluding hydrogens is 243 g/mol. The molecule has 0 amide bonds. The Morgan fingerprint density at radius 2 is 1.95 bits per heavy atom. The van der Waals surface area contributed by atoms with Crippen molar-refractivity contribution in [2.75, 3.05) is 11.1 Å². The van der Waals surface area contributed by atoms with Crippen molar-refractivity contribution in [3.8, 4) is 6.07 Å². The molecule has 1 unspecified atom stereocenters. The Labute approximate surface area is 110 Å². The molecule has 0 aliphatic carbocycles. The molecule has 0 aliphatic rings. The van der Waals surface area contributed by atoms with Crippen molar-refractivity contribution < 1.29 is 4.39 Å². The van der Waals surface area contributed by atoms with Gasteiger partial charge in [0.05, 0.1) is 5.69 Å². The lowest BCUT2D eigenvalue weighted by molar-refractivity contribution is 0.626. The van der Waals surface area contributed by atoms with E-state index in [4.69, 9.17) is 11.0 Å². The number of nitrogens with one attached hydrogen (secondary N) is 1. The van der Waals surface area contributed by atoms with Gasteiger partial charge in [0.25, 0.3) is 0 Å². The molecule has 96 valence electrons. The maximum atomic E-state index is 12.8. The first-order valence-electron chi connectivity index (χ1n) is 5.79. The van der Waals surface area contributed by atoms with Crippen LogP contribution >= 0.6 is 0 Å². The number of nitrogen functional groups attached to an aromatic ring is 1. The minimum absolute atomic E-state index is 0.0525. The third-order valence-corrected chi connectivity index (χ3v) is 2.77. The van der Waals surface area contributed by atoms with Crippen LogP contribution in [0.2, 0.25) is 0 Å². The zero-order valence-corrected chi connectivity index (χ0v) is 10.4. The van der Waals surface area contributed by atoms with Crippen LogP contribution in [0.1, 0.15) is 24.2 Å². The molecule has 1 atom stereocenters. The van der Waals surface area contributed by atoms with Crippen LogP contribution in [0.4, 0.5) is 15.9 Å². The van der Waals surface area contributed by atoms with Gasteiger partial charge in [-0.15, -0.1) is 0 Å². The van der Waals surface area contributed by atoms with Gasteiger partial charge in [-0.3, -0.25) is 0 Å². The normalized spacial score (nSPS) is 11.6. The molecule has 1 aromatic heterocycles. The first-order chi connectivity index (χ1) is 9.10. The van der Waals surface area contributed by atoms with Crippen molar-refractivity contribution in [3.63, 3.8) is 0 Å². The number of hydrogen-bond donors (Lipinski definition) is 2. The predicted molar refractivity (Wildman–Crippen MR) is 71.8 cm³/mol. The summed E-state index contributed by atoms with van der Waals surface area (Å²) in [5, 5.41) is 12.0. The SMILES string of the molecule is CC(Nc1ccc(N)c(C#N)n1)c1ccc(F)cc1. The van der Waals surface area contributed by atoms with Gasteiger partial charge < -0.3 is 11.1 Å². The summed E-state index contributed by atoms with van der Waals surface area (Å²) in [5.74, 6) is 0.288. The Hall–Kier alpha value is -2.61. The molecule has 1 aromatic carbocycles. The number of aromatic nitrogens is 1. The highest BCUT2D eigenvalue weighted by Gasteiger charge is 2.08. The molecule has 2 aromatic rings. The quantitative estimate of drug-likeness (QED) is 0.885. The van der Waals surface area contributed by atoms with Crippen LogP contribution < -0.4 is 11.1 Å². The number of benzene rings is 1. The molecule has 4 nitrogen and oxygen atoms in total. The Morgan fingerprint density at radius 1 is 1.26 bits per heavy atom. The molecule has 19 heavy (non-hydrogen) atoms. The number of anilines is 2. The molecule has 0 bridgehead atoms. The third kappa shape index (κ3) is 2.99. The molecule has 1 heterocycles. The van der Waals surface area contributed by atoms with Gasteiger partial charge in [-0.2, -0.15) is 5.26 Å². The summed E-state index contributed by atoms with van der Waals surface area (Å²) < 4.78 is 12.8. The number of nitrogens with two attached hydrogens (primary N) is 1. The van der Waals surface area contributed by atoms with Gasteiger partial charge >= 0.3 is 0 Å². The van der Waals surface area contributed by atoms with Gasteiger partial charge in [-0.05, 0) is 36.8 Å². The molecule has 2 rings (SSSR count). The van der Waals surface area contributed by atoms with E-state index < -0.39 is 0 Å². The van der Waals surface area contributed by atoms with E-state index in [9.17, 15) is 4.39 Å². The molecule has 0 fully saturated rings. The summed E-state index contributed by atoms with van der Waals surface area (Å²) in [5.41, 5.74) is 7.07. The Balaban J connectivity index is 2.17. The maximum absolute atomic E-state index is 12.8. The smallest absolute Gasteiger partial charge is 0.165 e. The second kappa shape index (κ2) is 5.36. The Kier molecular flexibility index (Phi) is 3.62. The molecule has 5 heteroatoms. The van der Waals surface area contributed by atoms with Gasteiger partial charge in [-0.25, -0.2) is 9.37 Å². The van der Waals surface area contributed by atoms with Gasteiger partial charge in [0.2, 0.25) is 0 Å². The van der Waals surface area contributed by atoms with E-state index in [0.717, 1.165) is 5.56 Å². The molecule has 0 aliphatic heterocycles. The van der Waals surface area contributed by atoms with Crippen LogP contribution in [0.5, 0.6) is 0 Å². The van der Waals surface area contributed by atoms with Gasteiger partial charge in [0.1, 0.15) is 17.7 Å². The number of rotatable bonds is 3. The molecule has 0 radical (unpaired) electrons. The average molecular weight is 256 g/mol. The fourth-order valence-corrected chi connectivity index (χ4v) is 1.70. The lowest BCUT2D eigenvalue weighted by atomic mass is 10.1. The van der Waals surface area contributed by atoms with Crippen molar-refractivity contribution >= 4 is 11.5 Å². The van der Waals surface area contributed by atoms with E-state index in [1.807, 2.05) is 13.0 Å². The molecule has 3 N–H and O–H groups in total. The van der Waals surface area contributed by atoms with Crippen LogP contribution in [0.3, 0.4) is 0 Å². The van der Waals surface area contributed by atoms with E-state index in [1.165, 1.54) is 12.1 Å². The van der Waals surface area contributed by atoms with Crippen molar-refractivity contribution in [1.82, 2.24) is 4.98 Å². The largest absolute Gasteiger partial charge is 0.396 e. The predicted octanol–water partition coefficient (Wildman–Crippen LogP) is 2.85. The van der Waals surface area contributed by atoms with Crippen molar-refractivity contribution in [2.45, 2.75) is 13.0 Å². The zero-order chi connectivity index (χ0) is 13.8. The number of hydrogen-bond acceptors (Lipinski definition) is 4. The monoisotopic (exact) mass is 256 g/mol. The highest BCUT2D eigenvalue weighted by atomic mass is 19.1. The highest BCUT2D eigenvalue weighted by molar-refractivity contribution is 5.55. The summed E-state index contributed by atoms with van der Waals surface area (Å²) in [6.45, 7) is 1.93. The highest BCUT2D eigenvalue weighted by Crippen LogP contribution is 2.19. The first kappa shape index (κ1) is 12.8. The van der Waals surface area contributed by atoms with E-state index >= 15 is 0 Å². The number of pyridine rings is 1. The zero-order valence-electron chi connectivity index (χ0n) is 10.4. The van der Waals surface area contributed by atoms with Crippen molar-refractivity contribution in [1.29, 1.82) is 5.26 Å². The second-order valence-electron chi connectivity index (χ2n) is 4.16. The molecule has 0 saturated heterocycles. The van der Waals surface area contributed by atoms with E-state index in [-0.39, 0.29) is 17.6 Å². The number of nitrogens with zero attached hydrogens (tertiary/aromatic N) is 2. The first-order valence-corrected chi connectivity index (χ1v) is 5.79. The van der Waals surface area contributed by atoms with Crippen LogP contribution in [0.15, 0.2) is 36.4 Å². The fraction of sp³-hybridized carbons (Fsp3) is 0.143. The number of halogens is 1. The topological polar surface area (TPSA) is 74.7 Å². The fourth-order valence-electron chi connectivity index (χ4n) is 1.70. The molecular formula is C14H13FN4. The second-order valence-corrected chi connectivity index (χ2v) is 4.16. The van der Waals surface area contributed by atoms with Crippen molar-refractivity contribution in [2.24, 2.45) is 0 Å². The van der Waals surface area contributed by atoms with Crippen molar-refractivity contribution in [3.05, 3.63) is 53.5 Å². The molecule has 0 spiro atoms. The standard InChI is InChI=1S/C14H13FN4/c1-9(10-2-4-11(15)5-3-10)18-14-7-6-12(17)13(8-16)19-14/h2-7,9H,17H2,1H3,(H,18,19). The van der Waals surface area contributed by atoms with E-state index in [1.54, 1.807) is 24.3 Å². The minimum atomic E-state index is -0.270. The van der Waals surface area contributed by atoms with Gasteiger partial charge in [-0.1, -0.05) is 12.1 Å². The summed E-state index contributed by atoms with van der Waals surface area (Å²) in [6.07, 6.45) is 0. The summed E-state index contributed by atoms with van der Waals surface area (Å²) >= 11 is 0. The van der Waals surface area contributed by atoms with Gasteiger partial charge in [0, 0.05) is 6.04 Å². The Morgan fingerprint density at radius 3 is 2.58 bits per heavy atom. The maximum Gasteiger partial charge on any atom is 0.165 e.